The number of benzene rings is 1. The highest BCUT2D eigenvalue weighted by Gasteiger charge is 2.39. The van der Waals surface area contributed by atoms with Crippen LogP contribution in [-0.2, 0) is 20.3 Å². The average Bonchev–Trinajstić information content (AvgIpc) is 3.24. The Hall–Kier alpha value is -3.38. The highest BCUT2D eigenvalue weighted by Crippen LogP contribution is 2.31. The molecular formula is C26H32FN5O5S. The van der Waals surface area contributed by atoms with Crippen LogP contribution in [0.2, 0.25) is 0 Å². The van der Waals surface area contributed by atoms with Gasteiger partial charge in [0.1, 0.15) is 11.5 Å². The Morgan fingerprint density at radius 1 is 1.13 bits per heavy atom. The zero-order chi connectivity index (χ0) is 28.0. The number of nitrogens with zero attached hydrogens (tertiary/aromatic N) is 5. The molecule has 0 bridgehead atoms. The third-order valence-corrected chi connectivity index (χ3v) is 7.39. The molecule has 1 aromatic carbocycles. The quantitative estimate of drug-likeness (QED) is 0.488. The van der Waals surface area contributed by atoms with Crippen LogP contribution in [0.5, 0.6) is 0 Å². The normalized spacial score (nSPS) is 16.2. The number of rotatable bonds is 5. The minimum Gasteiger partial charge on any atom is -0.339 e. The van der Waals surface area contributed by atoms with Crippen LogP contribution in [0.1, 0.15) is 57.1 Å². The molecule has 10 nitrogen and oxygen atoms in total. The molecule has 2 aromatic heterocycles. The lowest BCUT2D eigenvalue weighted by Gasteiger charge is -2.46. The Labute approximate surface area is 221 Å². The van der Waals surface area contributed by atoms with Crippen molar-refractivity contribution in [2.75, 3.05) is 25.4 Å². The monoisotopic (exact) mass is 545 g/mol. The van der Waals surface area contributed by atoms with Crippen molar-refractivity contribution >= 4 is 27.6 Å². The van der Waals surface area contributed by atoms with Crippen LogP contribution in [0.15, 0.2) is 36.5 Å². The molecule has 0 unspecified atom stereocenters. The predicted molar refractivity (Wildman–Crippen MR) is 140 cm³/mol. The topological polar surface area (TPSA) is 125 Å². The van der Waals surface area contributed by atoms with Gasteiger partial charge in [-0.3, -0.25) is 14.1 Å². The number of carbonyl (C=O) groups excluding carboxylic acids is 2. The summed E-state index contributed by atoms with van der Waals surface area (Å²) in [4.78, 5) is 33.9. The number of carbonyl (C=O) groups is 2. The van der Waals surface area contributed by atoms with E-state index in [1.807, 2.05) is 40.7 Å². The van der Waals surface area contributed by atoms with E-state index < -0.39 is 27.3 Å². The Morgan fingerprint density at radius 3 is 2.37 bits per heavy atom. The molecule has 0 radical (unpaired) electrons. The van der Waals surface area contributed by atoms with Gasteiger partial charge in [0.05, 0.1) is 23.2 Å². The van der Waals surface area contributed by atoms with Gasteiger partial charge < -0.3 is 9.80 Å². The van der Waals surface area contributed by atoms with E-state index in [0.717, 1.165) is 11.1 Å². The summed E-state index contributed by atoms with van der Waals surface area (Å²) in [6.07, 6.45) is 1.26. The molecule has 1 fully saturated rings. The summed E-state index contributed by atoms with van der Waals surface area (Å²) in [5.41, 5.74) is 1.91. The number of hydrogen-bond donors (Lipinski definition) is 1. The van der Waals surface area contributed by atoms with Gasteiger partial charge >= 0.3 is 0 Å². The molecule has 3 heterocycles. The second-order valence-corrected chi connectivity index (χ2v) is 12.8. The number of aromatic nitrogens is 3. The van der Waals surface area contributed by atoms with E-state index >= 15 is 0 Å². The van der Waals surface area contributed by atoms with Crippen LogP contribution < -0.4 is 0 Å². The summed E-state index contributed by atoms with van der Waals surface area (Å²) in [6.45, 7) is 10.4. The van der Waals surface area contributed by atoms with E-state index in [4.69, 9.17) is 4.55 Å². The van der Waals surface area contributed by atoms with Crippen molar-refractivity contribution in [2.24, 2.45) is 0 Å². The van der Waals surface area contributed by atoms with E-state index in [1.165, 1.54) is 17.0 Å². The summed E-state index contributed by atoms with van der Waals surface area (Å²) in [6, 6.07) is 7.95. The van der Waals surface area contributed by atoms with E-state index in [-0.39, 0.29) is 48.9 Å². The van der Waals surface area contributed by atoms with Crippen molar-refractivity contribution in [3.63, 3.8) is 0 Å². The fourth-order valence-corrected chi connectivity index (χ4v) is 5.08. The molecule has 0 saturated carbocycles. The van der Waals surface area contributed by atoms with Crippen molar-refractivity contribution in [1.29, 1.82) is 0 Å². The highest BCUT2D eigenvalue weighted by molar-refractivity contribution is 7.85. The summed E-state index contributed by atoms with van der Waals surface area (Å²) >= 11 is 0. The van der Waals surface area contributed by atoms with Gasteiger partial charge in [0.15, 0.2) is 5.65 Å². The zero-order valence-corrected chi connectivity index (χ0v) is 22.9. The maximum Gasteiger partial charge on any atom is 0.274 e. The summed E-state index contributed by atoms with van der Waals surface area (Å²) in [7, 11) is -4.24. The molecule has 1 aliphatic rings. The Morgan fingerprint density at radius 2 is 1.79 bits per heavy atom. The number of halogens is 1. The maximum atomic E-state index is 13.6. The molecular weight excluding hydrogens is 513 g/mol. The number of hydrogen-bond acceptors (Lipinski definition) is 6. The standard InChI is InChI=1S/C26H32FN5O5S/c1-25(2,3)19-14-20(17-6-8-18(27)9-7-17)29-32-15-21(28-23(19)32)24(34)31-12-11-30(16-26(31,4)5)22(33)10-13-38(35,36)37/h6-9,14-15H,10-13,16H2,1-5H3,(H,35,36,37). The van der Waals surface area contributed by atoms with Gasteiger partial charge in [-0.2, -0.15) is 13.5 Å². The molecule has 12 heteroatoms. The first kappa shape index (κ1) is 27.6. The maximum absolute atomic E-state index is 13.6. The van der Waals surface area contributed by atoms with Crippen molar-refractivity contribution in [3.8, 4) is 11.3 Å². The second-order valence-electron chi connectivity index (χ2n) is 11.2. The van der Waals surface area contributed by atoms with Crippen LogP contribution in [0.4, 0.5) is 4.39 Å². The third-order valence-electron chi connectivity index (χ3n) is 6.67. The Bertz CT molecular complexity index is 1490. The number of piperazine rings is 1. The molecule has 1 N–H and O–H groups in total. The minimum absolute atomic E-state index is 0.205. The molecule has 0 spiro atoms. The van der Waals surface area contributed by atoms with Gasteiger partial charge in [-0.25, -0.2) is 13.9 Å². The second kappa shape index (κ2) is 9.73. The SMILES string of the molecule is CC(C)(C)c1cc(-c2ccc(F)cc2)nn2cc(C(=O)N3CCN(C(=O)CCS(=O)(=O)O)CC3(C)C)nc12. The first-order valence-corrected chi connectivity index (χ1v) is 13.9. The van der Waals surface area contributed by atoms with E-state index in [0.29, 0.717) is 11.3 Å². The summed E-state index contributed by atoms with van der Waals surface area (Å²) < 4.78 is 46.0. The van der Waals surface area contributed by atoms with Crippen LogP contribution in [0, 0.1) is 5.82 Å². The highest BCUT2D eigenvalue weighted by atomic mass is 32.2. The van der Waals surface area contributed by atoms with E-state index in [9.17, 15) is 22.4 Å². The number of imidazole rings is 1. The molecule has 2 amide bonds. The molecule has 0 atom stereocenters. The van der Waals surface area contributed by atoms with Crippen molar-refractivity contribution in [1.82, 2.24) is 24.4 Å². The molecule has 204 valence electrons. The van der Waals surface area contributed by atoms with Gasteiger partial charge in [0.25, 0.3) is 16.0 Å². The van der Waals surface area contributed by atoms with E-state index in [1.54, 1.807) is 27.7 Å². The lowest BCUT2D eigenvalue weighted by molar-refractivity contribution is -0.135. The van der Waals surface area contributed by atoms with Gasteiger partial charge in [-0.05, 0) is 49.6 Å². The fourth-order valence-electron chi connectivity index (χ4n) is 4.65. The minimum atomic E-state index is -4.24. The van der Waals surface area contributed by atoms with Crippen molar-refractivity contribution in [2.45, 2.75) is 52.0 Å². The molecule has 1 aliphatic heterocycles. The van der Waals surface area contributed by atoms with Crippen LogP contribution in [0.25, 0.3) is 16.9 Å². The van der Waals surface area contributed by atoms with Crippen LogP contribution in [-0.4, -0.2) is 80.1 Å². The van der Waals surface area contributed by atoms with Crippen molar-refractivity contribution < 1.29 is 27.0 Å². The van der Waals surface area contributed by atoms with Crippen LogP contribution in [0.3, 0.4) is 0 Å². The lowest BCUT2D eigenvalue weighted by Crippen LogP contribution is -2.62. The predicted octanol–water partition coefficient (Wildman–Crippen LogP) is 3.17. The van der Waals surface area contributed by atoms with E-state index in [2.05, 4.69) is 10.1 Å². The molecule has 3 aromatic rings. The molecule has 4 rings (SSSR count). The molecule has 38 heavy (non-hydrogen) atoms. The van der Waals surface area contributed by atoms with Gasteiger partial charge in [-0.1, -0.05) is 20.8 Å². The first-order valence-electron chi connectivity index (χ1n) is 12.3. The summed E-state index contributed by atoms with van der Waals surface area (Å²) in [5.74, 6) is -1.70. The Kier molecular flexibility index (Phi) is 7.08. The molecule has 0 aliphatic carbocycles. The third kappa shape index (κ3) is 5.86. The number of fused-ring (bicyclic) bond motifs is 1. The lowest BCUT2D eigenvalue weighted by atomic mass is 9.87. The van der Waals surface area contributed by atoms with Crippen molar-refractivity contribution in [3.05, 3.63) is 53.6 Å². The zero-order valence-electron chi connectivity index (χ0n) is 22.1. The van der Waals surface area contributed by atoms with Crippen LogP contribution >= 0.6 is 0 Å². The number of amides is 2. The summed E-state index contributed by atoms with van der Waals surface area (Å²) in [5, 5.41) is 4.65. The largest absolute Gasteiger partial charge is 0.339 e. The van der Waals surface area contributed by atoms with Gasteiger partial charge in [0.2, 0.25) is 5.91 Å². The Balaban J connectivity index is 1.63. The fraction of sp³-hybridized carbons (Fsp3) is 0.462. The van der Waals surface area contributed by atoms with Gasteiger partial charge in [-0.15, -0.1) is 0 Å². The van der Waals surface area contributed by atoms with Gasteiger partial charge in [0, 0.05) is 37.2 Å². The average molecular weight is 546 g/mol. The molecule has 1 saturated heterocycles. The first-order chi connectivity index (χ1) is 17.5. The smallest absolute Gasteiger partial charge is 0.274 e.